The Morgan fingerprint density at radius 2 is 1.96 bits per heavy atom. The summed E-state index contributed by atoms with van der Waals surface area (Å²) in [6.45, 7) is 0. The molecular formula is C15H22Cl2N4O3. The van der Waals surface area contributed by atoms with Crippen LogP contribution in [0.15, 0.2) is 12.3 Å². The molecule has 2 amide bonds. The molecular weight excluding hydrogens is 355 g/mol. The number of halogens is 2. The van der Waals surface area contributed by atoms with Gasteiger partial charge in [0.2, 0.25) is 11.8 Å². The number of pyridine rings is 1. The molecule has 0 radical (unpaired) electrons. The zero-order valence-electron chi connectivity index (χ0n) is 13.2. The van der Waals surface area contributed by atoms with Crippen LogP contribution >= 0.6 is 24.8 Å². The number of hydrogen-bond donors (Lipinski definition) is 3. The standard InChI is InChI=1S/C15H20N4O3.2ClH/c1-22-15-10(13(17)20)5-9(6-18-15)19-14(21)11-7-2-3-8(4-7)12(11)16;;/h5-8,11-12H,2-4,16H2,1H3,(H2,17,20)(H,19,21);2*1H. The van der Waals surface area contributed by atoms with Crippen molar-refractivity contribution in [2.24, 2.45) is 29.2 Å². The Labute approximate surface area is 152 Å². The van der Waals surface area contributed by atoms with Crippen molar-refractivity contribution in [1.82, 2.24) is 4.98 Å². The van der Waals surface area contributed by atoms with Crippen LogP contribution < -0.4 is 21.5 Å². The molecule has 0 aliphatic heterocycles. The van der Waals surface area contributed by atoms with Crippen molar-refractivity contribution >= 4 is 42.3 Å². The van der Waals surface area contributed by atoms with E-state index in [1.165, 1.54) is 19.4 Å². The molecule has 7 nitrogen and oxygen atoms in total. The molecule has 1 aromatic rings. The summed E-state index contributed by atoms with van der Waals surface area (Å²) in [6.07, 6.45) is 4.66. The first-order valence-electron chi connectivity index (χ1n) is 7.41. The first-order chi connectivity index (χ1) is 10.5. The number of nitrogens with two attached hydrogens (primary N) is 2. The highest BCUT2D eigenvalue weighted by atomic mass is 35.5. The quantitative estimate of drug-likeness (QED) is 0.731. The van der Waals surface area contributed by atoms with Crippen LogP contribution in [0.1, 0.15) is 29.6 Å². The lowest BCUT2D eigenvalue weighted by atomic mass is 9.84. The van der Waals surface area contributed by atoms with E-state index in [1.807, 2.05) is 0 Å². The van der Waals surface area contributed by atoms with Crippen molar-refractivity contribution in [2.75, 3.05) is 12.4 Å². The summed E-state index contributed by atoms with van der Waals surface area (Å²) in [6, 6.07) is 1.39. The topological polar surface area (TPSA) is 120 Å². The van der Waals surface area contributed by atoms with Crippen molar-refractivity contribution in [3.05, 3.63) is 17.8 Å². The normalized spacial score (nSPS) is 26.9. The van der Waals surface area contributed by atoms with Gasteiger partial charge in [-0.2, -0.15) is 0 Å². The van der Waals surface area contributed by atoms with Gasteiger partial charge in [-0.25, -0.2) is 4.98 Å². The average Bonchev–Trinajstić information content (AvgIpc) is 3.07. The van der Waals surface area contributed by atoms with E-state index in [2.05, 4.69) is 10.3 Å². The molecule has 24 heavy (non-hydrogen) atoms. The summed E-state index contributed by atoms with van der Waals surface area (Å²) in [5.74, 6) is 0.0249. The number of nitrogens with one attached hydrogen (secondary N) is 1. The molecule has 2 fully saturated rings. The number of ether oxygens (including phenoxy) is 1. The summed E-state index contributed by atoms with van der Waals surface area (Å²) >= 11 is 0. The first kappa shape index (κ1) is 20.5. The first-order valence-corrected chi connectivity index (χ1v) is 7.41. The minimum absolute atomic E-state index is 0. The highest BCUT2D eigenvalue weighted by molar-refractivity contribution is 5.98. The molecule has 2 aliphatic carbocycles. The van der Waals surface area contributed by atoms with E-state index < -0.39 is 5.91 Å². The third-order valence-corrected chi connectivity index (χ3v) is 4.86. The van der Waals surface area contributed by atoms with Crippen molar-refractivity contribution in [3.8, 4) is 5.88 Å². The van der Waals surface area contributed by atoms with Crippen molar-refractivity contribution < 1.29 is 14.3 Å². The summed E-state index contributed by atoms with van der Waals surface area (Å²) in [7, 11) is 1.40. The van der Waals surface area contributed by atoms with Crippen molar-refractivity contribution in [2.45, 2.75) is 25.3 Å². The molecule has 5 N–H and O–H groups in total. The van der Waals surface area contributed by atoms with Gasteiger partial charge >= 0.3 is 0 Å². The van der Waals surface area contributed by atoms with Gasteiger partial charge in [0.1, 0.15) is 5.56 Å². The number of rotatable bonds is 4. The third-order valence-electron chi connectivity index (χ3n) is 4.86. The van der Waals surface area contributed by atoms with Crippen LogP contribution in [-0.4, -0.2) is 29.9 Å². The number of methoxy groups -OCH3 is 1. The van der Waals surface area contributed by atoms with E-state index in [-0.39, 0.29) is 54.1 Å². The predicted molar refractivity (Wildman–Crippen MR) is 94.7 cm³/mol. The van der Waals surface area contributed by atoms with Crippen LogP contribution in [0.25, 0.3) is 0 Å². The number of carbonyl (C=O) groups excluding carboxylic acids is 2. The lowest BCUT2D eigenvalue weighted by molar-refractivity contribution is -0.121. The molecule has 1 aromatic heterocycles. The van der Waals surface area contributed by atoms with Crippen LogP contribution in [0, 0.1) is 17.8 Å². The zero-order valence-corrected chi connectivity index (χ0v) is 14.9. The van der Waals surface area contributed by atoms with E-state index in [0.29, 0.717) is 17.5 Å². The van der Waals surface area contributed by atoms with Crippen molar-refractivity contribution in [1.29, 1.82) is 0 Å². The second-order valence-electron chi connectivity index (χ2n) is 6.07. The zero-order chi connectivity index (χ0) is 15.9. The van der Waals surface area contributed by atoms with Gasteiger partial charge in [-0.15, -0.1) is 24.8 Å². The Balaban J connectivity index is 0.00000144. The van der Waals surface area contributed by atoms with Gasteiger partial charge in [0, 0.05) is 6.04 Å². The van der Waals surface area contributed by atoms with Crippen LogP contribution in [0.2, 0.25) is 0 Å². The van der Waals surface area contributed by atoms with Gasteiger partial charge in [0.05, 0.1) is 24.9 Å². The second kappa shape index (κ2) is 8.00. The minimum atomic E-state index is -0.655. The summed E-state index contributed by atoms with van der Waals surface area (Å²) < 4.78 is 4.98. The number of aromatic nitrogens is 1. The predicted octanol–water partition coefficient (Wildman–Crippen LogP) is 1.34. The number of amides is 2. The van der Waals surface area contributed by atoms with E-state index in [1.54, 1.807) is 0 Å². The number of fused-ring (bicyclic) bond motifs is 2. The Bertz CT molecular complexity index is 627. The number of hydrogen-bond acceptors (Lipinski definition) is 5. The Hall–Kier alpha value is -1.57. The summed E-state index contributed by atoms with van der Waals surface area (Å²) in [4.78, 5) is 27.9. The fourth-order valence-electron chi connectivity index (χ4n) is 3.81. The minimum Gasteiger partial charge on any atom is -0.480 e. The Kier molecular flexibility index (Phi) is 6.83. The number of carbonyl (C=O) groups is 2. The molecule has 0 spiro atoms. The largest absolute Gasteiger partial charge is 0.480 e. The molecule has 4 unspecified atom stereocenters. The summed E-state index contributed by atoms with van der Waals surface area (Å²) in [5, 5.41) is 2.80. The SMILES string of the molecule is COc1ncc(NC(=O)C2C3CCC(C3)C2N)cc1C(N)=O.Cl.Cl. The molecule has 2 bridgehead atoms. The lowest BCUT2D eigenvalue weighted by Crippen LogP contribution is -2.42. The number of nitrogens with zero attached hydrogens (tertiary/aromatic N) is 1. The average molecular weight is 377 g/mol. The molecule has 0 aromatic carbocycles. The maximum Gasteiger partial charge on any atom is 0.254 e. The lowest BCUT2D eigenvalue weighted by Gasteiger charge is -2.27. The fraction of sp³-hybridized carbons (Fsp3) is 0.533. The smallest absolute Gasteiger partial charge is 0.254 e. The highest BCUT2D eigenvalue weighted by Gasteiger charge is 2.49. The second-order valence-corrected chi connectivity index (χ2v) is 6.07. The number of primary amides is 1. The van der Waals surface area contributed by atoms with Gasteiger partial charge in [-0.05, 0) is 37.2 Å². The van der Waals surface area contributed by atoms with E-state index in [0.717, 1.165) is 19.3 Å². The molecule has 4 atom stereocenters. The Morgan fingerprint density at radius 3 is 2.50 bits per heavy atom. The van der Waals surface area contributed by atoms with E-state index in [9.17, 15) is 9.59 Å². The highest BCUT2D eigenvalue weighted by Crippen LogP contribution is 2.47. The molecule has 134 valence electrons. The Morgan fingerprint density at radius 1 is 1.29 bits per heavy atom. The van der Waals surface area contributed by atoms with Gasteiger partial charge < -0.3 is 21.5 Å². The third kappa shape index (κ3) is 3.58. The van der Waals surface area contributed by atoms with Crippen molar-refractivity contribution in [3.63, 3.8) is 0 Å². The van der Waals surface area contributed by atoms with E-state index in [4.69, 9.17) is 16.2 Å². The maximum absolute atomic E-state index is 12.5. The molecule has 9 heteroatoms. The molecule has 2 aliphatic rings. The maximum atomic E-state index is 12.5. The van der Waals surface area contributed by atoms with Crippen LogP contribution in [0.3, 0.4) is 0 Å². The van der Waals surface area contributed by atoms with Gasteiger partial charge in [0.25, 0.3) is 5.91 Å². The fourth-order valence-corrected chi connectivity index (χ4v) is 3.81. The molecule has 1 heterocycles. The summed E-state index contributed by atoms with van der Waals surface area (Å²) in [5.41, 5.74) is 12.0. The van der Waals surface area contributed by atoms with Crippen LogP contribution in [-0.2, 0) is 4.79 Å². The van der Waals surface area contributed by atoms with Gasteiger partial charge in [0.15, 0.2) is 0 Å². The van der Waals surface area contributed by atoms with E-state index >= 15 is 0 Å². The molecule has 0 saturated heterocycles. The van der Waals surface area contributed by atoms with Crippen LogP contribution in [0.5, 0.6) is 5.88 Å². The molecule has 2 saturated carbocycles. The van der Waals surface area contributed by atoms with Gasteiger partial charge in [-0.1, -0.05) is 0 Å². The monoisotopic (exact) mass is 376 g/mol. The van der Waals surface area contributed by atoms with Crippen LogP contribution in [0.4, 0.5) is 5.69 Å². The molecule has 3 rings (SSSR count). The van der Waals surface area contributed by atoms with Gasteiger partial charge in [-0.3, -0.25) is 9.59 Å². The number of anilines is 1.